The van der Waals surface area contributed by atoms with E-state index in [1.165, 1.54) is 0 Å². The highest BCUT2D eigenvalue weighted by atomic mass is 32.2. The molecule has 0 atom stereocenters. The van der Waals surface area contributed by atoms with Gasteiger partial charge in [0.2, 0.25) is 0 Å². The van der Waals surface area contributed by atoms with E-state index in [2.05, 4.69) is 13.8 Å². The summed E-state index contributed by atoms with van der Waals surface area (Å²) in [5, 5.41) is 9.30. The first-order chi connectivity index (χ1) is 6.50. The molecule has 0 unspecified atom stereocenters. The quantitative estimate of drug-likeness (QED) is 0.778. The van der Waals surface area contributed by atoms with E-state index in [0.29, 0.717) is 10.8 Å². The standard InChI is InChI=1S/C11H14O2S/c1-7(2)14-10-6-9(11(12)13)5-4-8(10)3/h4-7H,1-3H3,(H,12,13). The Morgan fingerprint density at radius 2 is 2.07 bits per heavy atom. The molecule has 1 aromatic carbocycles. The Labute approximate surface area is 88.3 Å². The average molecular weight is 210 g/mol. The number of rotatable bonds is 3. The van der Waals surface area contributed by atoms with Gasteiger partial charge in [-0.05, 0) is 24.6 Å². The second kappa shape index (κ2) is 4.51. The molecule has 0 saturated carbocycles. The van der Waals surface area contributed by atoms with Gasteiger partial charge in [-0.2, -0.15) is 0 Å². The number of aromatic carboxylic acids is 1. The summed E-state index contributed by atoms with van der Waals surface area (Å²) < 4.78 is 0. The fraction of sp³-hybridized carbons (Fsp3) is 0.364. The van der Waals surface area contributed by atoms with Crippen molar-refractivity contribution in [2.75, 3.05) is 0 Å². The molecule has 76 valence electrons. The van der Waals surface area contributed by atoms with E-state index in [-0.39, 0.29) is 0 Å². The van der Waals surface area contributed by atoms with E-state index < -0.39 is 5.97 Å². The number of carbonyl (C=O) groups is 1. The summed E-state index contributed by atoms with van der Waals surface area (Å²) in [5.74, 6) is -0.865. The molecule has 0 aliphatic heterocycles. The lowest BCUT2D eigenvalue weighted by atomic mass is 10.1. The van der Waals surface area contributed by atoms with E-state index in [9.17, 15) is 4.79 Å². The molecule has 0 aliphatic carbocycles. The SMILES string of the molecule is Cc1ccc(C(=O)O)cc1SC(C)C. The Balaban J connectivity index is 3.02. The second-order valence-corrected chi connectivity index (χ2v) is 5.07. The van der Waals surface area contributed by atoms with Gasteiger partial charge in [0.05, 0.1) is 5.56 Å². The van der Waals surface area contributed by atoms with Crippen molar-refractivity contribution < 1.29 is 9.90 Å². The van der Waals surface area contributed by atoms with Crippen molar-refractivity contribution >= 4 is 17.7 Å². The summed E-state index contributed by atoms with van der Waals surface area (Å²) in [7, 11) is 0. The summed E-state index contributed by atoms with van der Waals surface area (Å²) in [4.78, 5) is 11.8. The van der Waals surface area contributed by atoms with Crippen LogP contribution in [-0.2, 0) is 0 Å². The minimum atomic E-state index is -0.865. The maximum atomic E-state index is 10.7. The van der Waals surface area contributed by atoms with Crippen LogP contribution in [0.15, 0.2) is 23.1 Å². The molecule has 0 aromatic heterocycles. The van der Waals surface area contributed by atoms with Gasteiger partial charge in [0.15, 0.2) is 0 Å². The van der Waals surface area contributed by atoms with Crippen LogP contribution in [0.25, 0.3) is 0 Å². The first-order valence-electron chi connectivity index (χ1n) is 4.51. The normalized spacial score (nSPS) is 10.6. The van der Waals surface area contributed by atoms with Crippen LogP contribution >= 0.6 is 11.8 Å². The van der Waals surface area contributed by atoms with Crippen LogP contribution in [0, 0.1) is 6.92 Å². The zero-order valence-electron chi connectivity index (χ0n) is 8.57. The molecule has 3 heteroatoms. The third kappa shape index (κ3) is 2.77. The van der Waals surface area contributed by atoms with Crippen molar-refractivity contribution in [3.05, 3.63) is 29.3 Å². The Kier molecular flexibility index (Phi) is 3.58. The number of thioether (sulfide) groups is 1. The first kappa shape index (κ1) is 11.1. The fourth-order valence-corrected chi connectivity index (χ4v) is 2.07. The molecule has 0 fully saturated rings. The van der Waals surface area contributed by atoms with Crippen LogP contribution in [0.5, 0.6) is 0 Å². The van der Waals surface area contributed by atoms with E-state index in [0.717, 1.165) is 10.5 Å². The minimum Gasteiger partial charge on any atom is -0.478 e. The van der Waals surface area contributed by atoms with Crippen LogP contribution in [0.3, 0.4) is 0 Å². The molecule has 0 spiro atoms. The van der Waals surface area contributed by atoms with Crippen LogP contribution < -0.4 is 0 Å². The summed E-state index contributed by atoms with van der Waals surface area (Å²) in [6.07, 6.45) is 0. The van der Waals surface area contributed by atoms with Crippen LogP contribution in [0.4, 0.5) is 0 Å². The van der Waals surface area contributed by atoms with Crippen molar-refractivity contribution in [1.29, 1.82) is 0 Å². The van der Waals surface area contributed by atoms with E-state index in [4.69, 9.17) is 5.11 Å². The molecule has 1 N–H and O–H groups in total. The molecule has 0 saturated heterocycles. The van der Waals surface area contributed by atoms with Gasteiger partial charge in [-0.25, -0.2) is 4.79 Å². The van der Waals surface area contributed by atoms with E-state index >= 15 is 0 Å². The maximum Gasteiger partial charge on any atom is 0.335 e. The van der Waals surface area contributed by atoms with Gasteiger partial charge >= 0.3 is 5.97 Å². The molecule has 0 radical (unpaired) electrons. The monoisotopic (exact) mass is 210 g/mol. The predicted molar refractivity (Wildman–Crippen MR) is 59.1 cm³/mol. The van der Waals surface area contributed by atoms with Gasteiger partial charge in [-0.1, -0.05) is 19.9 Å². The minimum absolute atomic E-state index is 0.360. The lowest BCUT2D eigenvalue weighted by Crippen LogP contribution is -1.97. The lowest BCUT2D eigenvalue weighted by Gasteiger charge is -2.08. The topological polar surface area (TPSA) is 37.3 Å². The van der Waals surface area contributed by atoms with Crippen molar-refractivity contribution in [2.24, 2.45) is 0 Å². The molecular weight excluding hydrogens is 196 g/mol. The first-order valence-corrected chi connectivity index (χ1v) is 5.39. The number of carboxylic acids is 1. The lowest BCUT2D eigenvalue weighted by molar-refractivity contribution is 0.0696. The highest BCUT2D eigenvalue weighted by molar-refractivity contribution is 8.00. The van der Waals surface area contributed by atoms with E-state index in [1.54, 1.807) is 23.9 Å². The highest BCUT2D eigenvalue weighted by Crippen LogP contribution is 2.27. The number of carboxylic acid groups (broad SMARTS) is 1. The smallest absolute Gasteiger partial charge is 0.335 e. The van der Waals surface area contributed by atoms with Crippen LogP contribution in [0.2, 0.25) is 0 Å². The van der Waals surface area contributed by atoms with Crippen molar-refractivity contribution in [3.63, 3.8) is 0 Å². The molecule has 14 heavy (non-hydrogen) atoms. The fourth-order valence-electron chi connectivity index (χ4n) is 1.11. The van der Waals surface area contributed by atoms with Crippen molar-refractivity contribution in [1.82, 2.24) is 0 Å². The second-order valence-electron chi connectivity index (χ2n) is 3.45. The molecule has 0 heterocycles. The van der Waals surface area contributed by atoms with Gasteiger partial charge in [0.25, 0.3) is 0 Å². The number of benzene rings is 1. The number of hydrogen-bond donors (Lipinski definition) is 1. The molecule has 0 aliphatic rings. The largest absolute Gasteiger partial charge is 0.478 e. The third-order valence-electron chi connectivity index (χ3n) is 1.80. The Hall–Kier alpha value is -0.960. The van der Waals surface area contributed by atoms with Gasteiger partial charge in [0.1, 0.15) is 0 Å². The molecule has 1 aromatic rings. The zero-order chi connectivity index (χ0) is 10.7. The number of hydrogen-bond acceptors (Lipinski definition) is 2. The molecular formula is C11H14O2S. The molecule has 1 rings (SSSR count). The Morgan fingerprint density at radius 1 is 1.43 bits per heavy atom. The zero-order valence-corrected chi connectivity index (χ0v) is 9.39. The van der Waals surface area contributed by atoms with Crippen molar-refractivity contribution in [3.8, 4) is 0 Å². The maximum absolute atomic E-state index is 10.7. The summed E-state index contributed by atoms with van der Waals surface area (Å²) in [6, 6.07) is 5.23. The summed E-state index contributed by atoms with van der Waals surface area (Å²) >= 11 is 1.69. The summed E-state index contributed by atoms with van der Waals surface area (Å²) in [6.45, 7) is 6.19. The highest BCUT2D eigenvalue weighted by Gasteiger charge is 2.07. The molecule has 2 nitrogen and oxygen atoms in total. The Morgan fingerprint density at radius 3 is 2.57 bits per heavy atom. The van der Waals surface area contributed by atoms with Crippen molar-refractivity contribution in [2.45, 2.75) is 30.9 Å². The third-order valence-corrected chi connectivity index (χ3v) is 2.96. The predicted octanol–water partition coefficient (Wildman–Crippen LogP) is 3.19. The van der Waals surface area contributed by atoms with Crippen LogP contribution in [0.1, 0.15) is 29.8 Å². The number of aryl methyl sites for hydroxylation is 1. The molecule has 0 bridgehead atoms. The molecule has 0 amide bonds. The average Bonchev–Trinajstić information content (AvgIpc) is 2.07. The Bertz CT molecular complexity index is 345. The van der Waals surface area contributed by atoms with Crippen LogP contribution in [-0.4, -0.2) is 16.3 Å². The summed E-state index contributed by atoms with van der Waals surface area (Å²) in [5.41, 5.74) is 1.49. The van der Waals surface area contributed by atoms with Gasteiger partial charge < -0.3 is 5.11 Å². The van der Waals surface area contributed by atoms with Gasteiger partial charge in [-0.15, -0.1) is 11.8 Å². The van der Waals surface area contributed by atoms with Gasteiger partial charge in [0, 0.05) is 10.1 Å². The van der Waals surface area contributed by atoms with E-state index in [1.807, 2.05) is 13.0 Å². The van der Waals surface area contributed by atoms with Gasteiger partial charge in [-0.3, -0.25) is 0 Å².